The lowest BCUT2D eigenvalue weighted by atomic mass is 9.87. The van der Waals surface area contributed by atoms with E-state index in [1.807, 2.05) is 13.8 Å². The molecule has 3 heteroatoms. The molecule has 0 radical (unpaired) electrons. The third-order valence-electron chi connectivity index (χ3n) is 3.26. The van der Waals surface area contributed by atoms with E-state index < -0.39 is 0 Å². The maximum atomic E-state index is 12.1. The number of amides is 1. The molecule has 1 aromatic carbocycles. The third kappa shape index (κ3) is 5.33. The second-order valence-electron chi connectivity index (χ2n) is 7.05. The van der Waals surface area contributed by atoms with Gasteiger partial charge < -0.3 is 11.1 Å². The molecule has 0 aliphatic heterocycles. The zero-order chi connectivity index (χ0) is 15.5. The van der Waals surface area contributed by atoms with Gasteiger partial charge in [0.05, 0.1) is 0 Å². The number of carbonyl (C=O) groups is 1. The number of aryl methyl sites for hydroxylation is 3. The maximum absolute atomic E-state index is 12.1. The van der Waals surface area contributed by atoms with Crippen molar-refractivity contribution in [2.75, 3.05) is 5.32 Å². The second kappa shape index (κ2) is 6.40. The Morgan fingerprint density at radius 3 is 2.15 bits per heavy atom. The first-order valence-corrected chi connectivity index (χ1v) is 7.22. The Balaban J connectivity index is 2.68. The summed E-state index contributed by atoms with van der Waals surface area (Å²) in [5.41, 5.74) is 10.5. The van der Waals surface area contributed by atoms with E-state index in [1.54, 1.807) is 0 Å². The van der Waals surface area contributed by atoms with Crippen LogP contribution in [0.1, 0.15) is 50.3 Å². The standard InChI is InChI=1S/C17H28N2O/c1-11-7-12(2)16(13(3)8-11)19-15(20)9-14(18)10-17(4,5)6/h7-8,14H,9-10,18H2,1-6H3,(H,19,20). The predicted octanol–water partition coefficient (Wildman–Crippen LogP) is 3.70. The minimum atomic E-state index is -0.0962. The normalized spacial score (nSPS) is 13.2. The van der Waals surface area contributed by atoms with Gasteiger partial charge in [0, 0.05) is 18.2 Å². The van der Waals surface area contributed by atoms with Crippen LogP contribution >= 0.6 is 0 Å². The molecule has 0 aliphatic carbocycles. The summed E-state index contributed by atoms with van der Waals surface area (Å²) < 4.78 is 0. The van der Waals surface area contributed by atoms with E-state index in [-0.39, 0.29) is 17.4 Å². The highest BCUT2D eigenvalue weighted by Crippen LogP contribution is 2.24. The zero-order valence-electron chi connectivity index (χ0n) is 13.6. The van der Waals surface area contributed by atoms with Crippen LogP contribution in [0.2, 0.25) is 0 Å². The van der Waals surface area contributed by atoms with Crippen LogP contribution < -0.4 is 11.1 Å². The van der Waals surface area contributed by atoms with Crippen LogP contribution in [0.4, 0.5) is 5.69 Å². The summed E-state index contributed by atoms with van der Waals surface area (Å²) in [5.74, 6) is -0.00296. The molecule has 1 atom stereocenters. The molecular formula is C17H28N2O. The number of benzene rings is 1. The summed E-state index contributed by atoms with van der Waals surface area (Å²) in [5, 5.41) is 3.00. The van der Waals surface area contributed by atoms with Crippen molar-refractivity contribution in [1.82, 2.24) is 0 Å². The summed E-state index contributed by atoms with van der Waals surface area (Å²) in [4.78, 5) is 12.1. The number of nitrogens with one attached hydrogen (secondary N) is 1. The summed E-state index contributed by atoms with van der Waals surface area (Å²) in [7, 11) is 0. The predicted molar refractivity (Wildman–Crippen MR) is 85.9 cm³/mol. The van der Waals surface area contributed by atoms with Crippen LogP contribution in [-0.2, 0) is 4.79 Å². The molecule has 0 bridgehead atoms. The molecule has 112 valence electrons. The van der Waals surface area contributed by atoms with Crippen LogP contribution in [0.5, 0.6) is 0 Å². The molecule has 1 aromatic rings. The minimum Gasteiger partial charge on any atom is -0.327 e. The van der Waals surface area contributed by atoms with Crippen molar-refractivity contribution < 1.29 is 4.79 Å². The minimum absolute atomic E-state index is 0.00296. The summed E-state index contributed by atoms with van der Waals surface area (Å²) >= 11 is 0. The molecule has 0 saturated carbocycles. The maximum Gasteiger partial charge on any atom is 0.225 e. The van der Waals surface area contributed by atoms with Crippen molar-refractivity contribution in [3.8, 4) is 0 Å². The van der Waals surface area contributed by atoms with Crippen LogP contribution in [-0.4, -0.2) is 11.9 Å². The summed E-state index contributed by atoms with van der Waals surface area (Å²) in [6.45, 7) is 12.5. The molecular weight excluding hydrogens is 248 g/mol. The van der Waals surface area contributed by atoms with E-state index in [9.17, 15) is 4.79 Å². The van der Waals surface area contributed by atoms with Gasteiger partial charge in [-0.1, -0.05) is 38.5 Å². The molecule has 3 N–H and O–H groups in total. The number of anilines is 1. The van der Waals surface area contributed by atoms with Gasteiger partial charge in [0.2, 0.25) is 5.91 Å². The van der Waals surface area contributed by atoms with Crippen LogP contribution in [0.3, 0.4) is 0 Å². The van der Waals surface area contributed by atoms with E-state index in [0.717, 1.165) is 23.2 Å². The Morgan fingerprint density at radius 1 is 1.20 bits per heavy atom. The molecule has 0 saturated heterocycles. The van der Waals surface area contributed by atoms with Crippen molar-refractivity contribution in [1.29, 1.82) is 0 Å². The molecule has 0 heterocycles. The zero-order valence-corrected chi connectivity index (χ0v) is 13.6. The van der Waals surface area contributed by atoms with E-state index in [4.69, 9.17) is 5.73 Å². The molecule has 0 aromatic heterocycles. The SMILES string of the molecule is Cc1cc(C)c(NC(=O)CC(N)CC(C)(C)C)c(C)c1. The van der Waals surface area contributed by atoms with Crippen molar-refractivity contribution in [2.24, 2.45) is 11.1 Å². The quantitative estimate of drug-likeness (QED) is 0.881. The van der Waals surface area contributed by atoms with Crippen LogP contribution in [0.25, 0.3) is 0 Å². The van der Waals surface area contributed by atoms with Gasteiger partial charge in [-0.25, -0.2) is 0 Å². The van der Waals surface area contributed by atoms with Gasteiger partial charge in [-0.05, 0) is 43.7 Å². The number of rotatable bonds is 4. The largest absolute Gasteiger partial charge is 0.327 e. The lowest BCUT2D eigenvalue weighted by molar-refractivity contribution is -0.116. The van der Waals surface area contributed by atoms with Crippen molar-refractivity contribution >= 4 is 11.6 Å². The monoisotopic (exact) mass is 276 g/mol. The number of hydrogen-bond donors (Lipinski definition) is 2. The highest BCUT2D eigenvalue weighted by atomic mass is 16.1. The average molecular weight is 276 g/mol. The first kappa shape index (κ1) is 16.7. The van der Waals surface area contributed by atoms with E-state index in [2.05, 4.69) is 45.1 Å². The second-order valence-corrected chi connectivity index (χ2v) is 7.05. The smallest absolute Gasteiger partial charge is 0.225 e. The lowest BCUT2D eigenvalue weighted by Crippen LogP contribution is -2.31. The fourth-order valence-corrected chi connectivity index (χ4v) is 2.66. The van der Waals surface area contributed by atoms with Gasteiger partial charge in [-0.2, -0.15) is 0 Å². The number of carbonyl (C=O) groups excluding carboxylic acids is 1. The Kier molecular flexibility index (Phi) is 5.35. The summed E-state index contributed by atoms with van der Waals surface area (Å²) in [6, 6.07) is 4.07. The van der Waals surface area contributed by atoms with Gasteiger partial charge in [0.1, 0.15) is 0 Å². The molecule has 0 aliphatic rings. The van der Waals surface area contributed by atoms with Crippen LogP contribution in [0, 0.1) is 26.2 Å². The third-order valence-corrected chi connectivity index (χ3v) is 3.26. The summed E-state index contributed by atoms with van der Waals surface area (Å²) in [6.07, 6.45) is 1.20. The average Bonchev–Trinajstić information content (AvgIpc) is 2.20. The molecule has 1 amide bonds. The molecule has 0 fully saturated rings. The number of hydrogen-bond acceptors (Lipinski definition) is 2. The molecule has 3 nitrogen and oxygen atoms in total. The van der Waals surface area contributed by atoms with E-state index >= 15 is 0 Å². The lowest BCUT2D eigenvalue weighted by Gasteiger charge is -2.23. The van der Waals surface area contributed by atoms with Gasteiger partial charge in [-0.15, -0.1) is 0 Å². The Hall–Kier alpha value is -1.35. The van der Waals surface area contributed by atoms with Gasteiger partial charge in [0.25, 0.3) is 0 Å². The molecule has 0 spiro atoms. The highest BCUT2D eigenvalue weighted by molar-refractivity contribution is 5.92. The molecule has 1 unspecified atom stereocenters. The molecule has 1 rings (SSSR count). The van der Waals surface area contributed by atoms with Crippen LogP contribution in [0.15, 0.2) is 12.1 Å². The van der Waals surface area contributed by atoms with Gasteiger partial charge in [0.15, 0.2) is 0 Å². The number of nitrogens with two attached hydrogens (primary N) is 1. The van der Waals surface area contributed by atoms with E-state index in [0.29, 0.717) is 6.42 Å². The van der Waals surface area contributed by atoms with Gasteiger partial charge >= 0.3 is 0 Å². The van der Waals surface area contributed by atoms with Crippen molar-refractivity contribution in [3.63, 3.8) is 0 Å². The first-order valence-electron chi connectivity index (χ1n) is 7.22. The Labute approximate surface area is 122 Å². The van der Waals surface area contributed by atoms with Crippen molar-refractivity contribution in [3.05, 3.63) is 28.8 Å². The fourth-order valence-electron chi connectivity index (χ4n) is 2.66. The highest BCUT2D eigenvalue weighted by Gasteiger charge is 2.18. The first-order chi connectivity index (χ1) is 9.08. The van der Waals surface area contributed by atoms with E-state index in [1.165, 1.54) is 5.56 Å². The van der Waals surface area contributed by atoms with Crippen molar-refractivity contribution in [2.45, 2.75) is 60.4 Å². The Bertz CT molecular complexity index is 463. The topological polar surface area (TPSA) is 55.1 Å². The Morgan fingerprint density at radius 2 is 1.70 bits per heavy atom. The fraction of sp³-hybridized carbons (Fsp3) is 0.588. The molecule has 20 heavy (non-hydrogen) atoms. The van der Waals surface area contributed by atoms with Gasteiger partial charge in [-0.3, -0.25) is 4.79 Å².